The molecule has 222 valence electrons. The SMILES string of the molecule is N#Cc1ccc2c(c1)c1ccccc1n2-c1ccc(-c2cccc(-c3ccccc3)n2)cc1-n1c2ccccc2c2cc(C#N)ccc21. The molecule has 3 aromatic heterocycles. The molecule has 5 heteroatoms. The zero-order chi connectivity index (χ0) is 32.2. The first kappa shape index (κ1) is 27.4. The summed E-state index contributed by atoms with van der Waals surface area (Å²) in [5, 5.41) is 23.7. The number of fused-ring (bicyclic) bond motifs is 6. The average molecular weight is 612 g/mol. The second-order valence-electron chi connectivity index (χ2n) is 11.9. The lowest BCUT2D eigenvalue weighted by atomic mass is 10.1. The van der Waals surface area contributed by atoms with Gasteiger partial charge in [0.15, 0.2) is 0 Å². The fourth-order valence-corrected chi connectivity index (χ4v) is 7.02. The van der Waals surface area contributed by atoms with Gasteiger partial charge in [0, 0.05) is 32.7 Å². The molecule has 0 fully saturated rings. The Bertz CT molecular complexity index is 2810. The van der Waals surface area contributed by atoms with Crippen LogP contribution in [0.5, 0.6) is 0 Å². The standard InChI is InChI=1S/C43H25N5/c44-26-28-17-20-40-34(23-28)32-11-4-6-15-38(32)47(40)42-22-19-31(37-14-8-13-36(46-37)30-9-2-1-3-10-30)25-43(42)48-39-16-7-5-12-33(39)35-24-29(27-45)18-21-41(35)48/h1-25H. The maximum Gasteiger partial charge on any atom is 0.0991 e. The summed E-state index contributed by atoms with van der Waals surface area (Å²) in [6.45, 7) is 0. The molecule has 48 heavy (non-hydrogen) atoms. The molecular formula is C43H25N5. The molecule has 0 unspecified atom stereocenters. The zero-order valence-corrected chi connectivity index (χ0v) is 25.7. The lowest BCUT2D eigenvalue weighted by molar-refractivity contribution is 1.09. The Balaban J connectivity index is 1.39. The summed E-state index contributed by atoms with van der Waals surface area (Å²) in [5.41, 5.74) is 11.2. The van der Waals surface area contributed by atoms with Crippen LogP contribution >= 0.6 is 0 Å². The predicted octanol–water partition coefficient (Wildman–Crippen LogP) is 10.4. The number of para-hydroxylation sites is 2. The molecule has 0 N–H and O–H groups in total. The van der Waals surface area contributed by atoms with Crippen molar-refractivity contribution >= 4 is 43.6 Å². The summed E-state index contributed by atoms with van der Waals surface area (Å²) in [6.07, 6.45) is 0. The molecule has 3 heterocycles. The van der Waals surface area contributed by atoms with Crippen molar-refractivity contribution in [3.8, 4) is 46.0 Å². The Morgan fingerprint density at radius 2 is 0.917 bits per heavy atom. The van der Waals surface area contributed by atoms with E-state index >= 15 is 0 Å². The average Bonchev–Trinajstić information content (AvgIpc) is 3.67. The van der Waals surface area contributed by atoms with Gasteiger partial charge in [0.2, 0.25) is 0 Å². The van der Waals surface area contributed by atoms with E-state index in [0.29, 0.717) is 11.1 Å². The van der Waals surface area contributed by atoms with Crippen molar-refractivity contribution in [1.29, 1.82) is 10.5 Å². The maximum absolute atomic E-state index is 9.78. The Morgan fingerprint density at radius 3 is 1.52 bits per heavy atom. The molecule has 0 atom stereocenters. The predicted molar refractivity (Wildman–Crippen MR) is 193 cm³/mol. The van der Waals surface area contributed by atoms with Crippen LogP contribution in [0.2, 0.25) is 0 Å². The Kier molecular flexibility index (Phi) is 6.18. The Morgan fingerprint density at radius 1 is 0.396 bits per heavy atom. The monoisotopic (exact) mass is 611 g/mol. The molecular weight excluding hydrogens is 587 g/mol. The first-order valence-corrected chi connectivity index (χ1v) is 15.8. The Labute approximate surface area is 276 Å². The van der Waals surface area contributed by atoms with Gasteiger partial charge in [-0.05, 0) is 72.8 Å². The highest BCUT2D eigenvalue weighted by Crippen LogP contribution is 2.40. The molecule has 0 aliphatic carbocycles. The molecule has 0 aliphatic rings. The van der Waals surface area contributed by atoms with Crippen LogP contribution in [0.3, 0.4) is 0 Å². The van der Waals surface area contributed by atoms with Gasteiger partial charge in [0.05, 0.1) is 68.1 Å². The first-order valence-electron chi connectivity index (χ1n) is 15.8. The highest BCUT2D eigenvalue weighted by Gasteiger charge is 2.21. The van der Waals surface area contributed by atoms with Crippen LogP contribution in [0.1, 0.15) is 11.1 Å². The highest BCUT2D eigenvalue weighted by molar-refractivity contribution is 6.12. The van der Waals surface area contributed by atoms with E-state index in [1.807, 2.05) is 72.8 Å². The van der Waals surface area contributed by atoms with Crippen LogP contribution in [0.25, 0.3) is 77.5 Å². The van der Waals surface area contributed by atoms with Crippen LogP contribution in [0.15, 0.2) is 152 Å². The minimum atomic E-state index is 0.622. The van der Waals surface area contributed by atoms with Crippen molar-refractivity contribution in [2.24, 2.45) is 0 Å². The largest absolute Gasteiger partial charge is 0.307 e. The van der Waals surface area contributed by atoms with Gasteiger partial charge >= 0.3 is 0 Å². The zero-order valence-electron chi connectivity index (χ0n) is 25.7. The molecule has 5 nitrogen and oxygen atoms in total. The summed E-state index contributed by atoms with van der Waals surface area (Å²) in [6, 6.07) is 56.1. The summed E-state index contributed by atoms with van der Waals surface area (Å²) < 4.78 is 4.60. The van der Waals surface area contributed by atoms with E-state index in [2.05, 4.69) is 100 Å². The molecule has 0 saturated heterocycles. The van der Waals surface area contributed by atoms with Crippen LogP contribution in [0.4, 0.5) is 0 Å². The van der Waals surface area contributed by atoms with E-state index in [-0.39, 0.29) is 0 Å². The minimum Gasteiger partial charge on any atom is -0.307 e. The van der Waals surface area contributed by atoms with Gasteiger partial charge in [0.25, 0.3) is 0 Å². The minimum absolute atomic E-state index is 0.622. The summed E-state index contributed by atoms with van der Waals surface area (Å²) in [5.74, 6) is 0. The van der Waals surface area contributed by atoms with E-state index in [1.165, 1.54) is 0 Å². The van der Waals surface area contributed by atoms with Crippen molar-refractivity contribution < 1.29 is 0 Å². The topological polar surface area (TPSA) is 70.3 Å². The van der Waals surface area contributed by atoms with Crippen molar-refractivity contribution in [2.45, 2.75) is 0 Å². The number of hydrogen-bond acceptors (Lipinski definition) is 3. The van der Waals surface area contributed by atoms with Crippen LogP contribution in [0, 0.1) is 22.7 Å². The number of pyridine rings is 1. The van der Waals surface area contributed by atoms with E-state index in [4.69, 9.17) is 4.98 Å². The number of rotatable bonds is 4. The highest BCUT2D eigenvalue weighted by atomic mass is 15.1. The third-order valence-electron chi connectivity index (χ3n) is 9.17. The van der Waals surface area contributed by atoms with Gasteiger partial charge in [0.1, 0.15) is 0 Å². The normalized spacial score (nSPS) is 11.3. The fraction of sp³-hybridized carbons (Fsp3) is 0. The number of benzene rings is 6. The molecule has 6 aromatic carbocycles. The van der Waals surface area contributed by atoms with E-state index < -0.39 is 0 Å². The molecule has 9 aromatic rings. The Hall–Kier alpha value is -6.95. The molecule has 0 spiro atoms. The quantitative estimate of drug-likeness (QED) is 0.199. The number of hydrogen-bond donors (Lipinski definition) is 0. The second kappa shape index (κ2) is 10.8. The first-order chi connectivity index (χ1) is 23.7. The van der Waals surface area contributed by atoms with E-state index in [0.717, 1.165) is 77.5 Å². The van der Waals surface area contributed by atoms with E-state index in [1.54, 1.807) is 0 Å². The van der Waals surface area contributed by atoms with Gasteiger partial charge in [-0.25, -0.2) is 4.98 Å². The summed E-state index contributed by atoms with van der Waals surface area (Å²) in [7, 11) is 0. The van der Waals surface area contributed by atoms with Crippen LogP contribution in [-0.2, 0) is 0 Å². The van der Waals surface area contributed by atoms with Gasteiger partial charge in [-0.1, -0.05) is 78.9 Å². The molecule has 0 radical (unpaired) electrons. The van der Waals surface area contributed by atoms with Crippen LogP contribution < -0.4 is 0 Å². The summed E-state index contributed by atoms with van der Waals surface area (Å²) in [4.78, 5) is 5.11. The third-order valence-corrected chi connectivity index (χ3v) is 9.17. The number of nitriles is 2. The smallest absolute Gasteiger partial charge is 0.0991 e. The number of aromatic nitrogens is 3. The van der Waals surface area contributed by atoms with Crippen molar-refractivity contribution in [3.63, 3.8) is 0 Å². The van der Waals surface area contributed by atoms with Crippen LogP contribution in [-0.4, -0.2) is 14.1 Å². The van der Waals surface area contributed by atoms with Crippen molar-refractivity contribution in [1.82, 2.24) is 14.1 Å². The maximum atomic E-state index is 9.78. The van der Waals surface area contributed by atoms with Crippen molar-refractivity contribution in [2.75, 3.05) is 0 Å². The lowest BCUT2D eigenvalue weighted by Crippen LogP contribution is -2.04. The van der Waals surface area contributed by atoms with Crippen molar-refractivity contribution in [3.05, 3.63) is 163 Å². The van der Waals surface area contributed by atoms with E-state index in [9.17, 15) is 10.5 Å². The molecule has 0 saturated carbocycles. The molecule has 9 rings (SSSR count). The number of nitrogens with zero attached hydrogens (tertiary/aromatic N) is 5. The lowest BCUT2D eigenvalue weighted by Gasteiger charge is -2.18. The fourth-order valence-electron chi connectivity index (χ4n) is 7.02. The van der Waals surface area contributed by atoms with Gasteiger partial charge in [-0.2, -0.15) is 10.5 Å². The van der Waals surface area contributed by atoms with Gasteiger partial charge < -0.3 is 9.13 Å². The molecule has 0 bridgehead atoms. The molecule has 0 amide bonds. The second-order valence-corrected chi connectivity index (χ2v) is 11.9. The van der Waals surface area contributed by atoms with Gasteiger partial charge in [-0.15, -0.1) is 0 Å². The summed E-state index contributed by atoms with van der Waals surface area (Å²) >= 11 is 0. The van der Waals surface area contributed by atoms with Gasteiger partial charge in [-0.3, -0.25) is 0 Å². The third kappa shape index (κ3) is 4.20. The molecule has 0 aliphatic heterocycles.